The van der Waals surface area contributed by atoms with E-state index in [9.17, 15) is 18.0 Å². The van der Waals surface area contributed by atoms with Gasteiger partial charge in [0.2, 0.25) is 0 Å². The molecule has 2 amide bonds. The molecule has 0 spiro atoms. The molecule has 11 heteroatoms. The van der Waals surface area contributed by atoms with Gasteiger partial charge in [-0.05, 0) is 36.6 Å². The molecule has 158 valence electrons. The van der Waals surface area contributed by atoms with Crippen LogP contribution in [0.3, 0.4) is 0 Å². The van der Waals surface area contributed by atoms with Crippen LogP contribution in [0.4, 0.5) is 23.7 Å². The highest BCUT2D eigenvalue weighted by Gasteiger charge is 2.38. The van der Waals surface area contributed by atoms with Crippen LogP contribution in [0.5, 0.6) is 0 Å². The van der Waals surface area contributed by atoms with Crippen LogP contribution in [-0.2, 0) is 24.3 Å². The van der Waals surface area contributed by atoms with Crippen molar-refractivity contribution in [3.05, 3.63) is 45.4 Å². The highest BCUT2D eigenvalue weighted by atomic mass is 32.1. The monoisotopic (exact) mass is 430 g/mol. The number of thiazole rings is 1. The van der Waals surface area contributed by atoms with Crippen LogP contribution >= 0.6 is 11.3 Å². The predicted octanol–water partition coefficient (Wildman–Crippen LogP) is 3.82. The number of carboxylic acid groups (broad SMARTS) is 1. The summed E-state index contributed by atoms with van der Waals surface area (Å²) in [5.41, 5.74) is 4.28. The molecule has 1 atom stereocenters. The molecule has 29 heavy (non-hydrogen) atoms. The number of carbonyl (C=O) groups is 2. The number of hydrogen-bond donors (Lipinski definition) is 4. The lowest BCUT2D eigenvalue weighted by Gasteiger charge is -2.13. The Balaban J connectivity index is 0.000000370. The number of nitrogens with zero attached hydrogens (tertiary/aromatic N) is 1. The summed E-state index contributed by atoms with van der Waals surface area (Å²) in [5, 5.41) is 19.3. The quantitative estimate of drug-likeness (QED) is 0.590. The Bertz CT molecular complexity index is 870. The van der Waals surface area contributed by atoms with E-state index in [1.54, 1.807) is 11.3 Å². The number of fused-ring (bicyclic) bond motifs is 1. The van der Waals surface area contributed by atoms with Crippen LogP contribution in [-0.4, -0.2) is 28.3 Å². The summed E-state index contributed by atoms with van der Waals surface area (Å²) >= 11 is 1.63. The topological polar surface area (TPSA) is 103 Å². The SMILES string of the molecule is CCc1nc(C(C)NC(=O)Nc2ccc3c(c2)CNC3)cs1.O=C(O)C(F)(F)F. The molecule has 0 fully saturated rings. The number of halogens is 3. The minimum Gasteiger partial charge on any atom is -0.475 e. The molecule has 2 heterocycles. The maximum atomic E-state index is 12.1. The van der Waals surface area contributed by atoms with Crippen LogP contribution in [0.25, 0.3) is 0 Å². The Morgan fingerprint density at radius 1 is 1.31 bits per heavy atom. The molecule has 1 aliphatic rings. The second-order valence-electron chi connectivity index (χ2n) is 6.23. The van der Waals surface area contributed by atoms with Gasteiger partial charge in [-0.25, -0.2) is 14.6 Å². The number of aliphatic carboxylic acids is 1. The van der Waals surface area contributed by atoms with E-state index in [1.807, 2.05) is 24.4 Å². The largest absolute Gasteiger partial charge is 0.490 e. The Labute approximate surface area is 169 Å². The Morgan fingerprint density at radius 3 is 2.55 bits per heavy atom. The Morgan fingerprint density at radius 2 is 1.97 bits per heavy atom. The summed E-state index contributed by atoms with van der Waals surface area (Å²) in [6.45, 7) is 5.79. The third-order valence-electron chi connectivity index (χ3n) is 4.00. The number of alkyl halides is 3. The molecule has 4 N–H and O–H groups in total. The van der Waals surface area contributed by atoms with Gasteiger partial charge in [0.15, 0.2) is 0 Å². The summed E-state index contributed by atoms with van der Waals surface area (Å²) < 4.78 is 31.7. The second kappa shape index (κ2) is 9.70. The van der Waals surface area contributed by atoms with Gasteiger partial charge < -0.3 is 21.1 Å². The van der Waals surface area contributed by atoms with E-state index in [4.69, 9.17) is 9.90 Å². The first-order valence-electron chi connectivity index (χ1n) is 8.74. The van der Waals surface area contributed by atoms with Crippen molar-refractivity contribution in [2.75, 3.05) is 5.32 Å². The van der Waals surface area contributed by atoms with Crippen molar-refractivity contribution >= 4 is 29.0 Å². The Kier molecular flexibility index (Phi) is 7.57. The number of hydrogen-bond acceptors (Lipinski definition) is 5. The minimum atomic E-state index is -5.08. The fourth-order valence-electron chi connectivity index (χ4n) is 2.50. The zero-order valence-electron chi connectivity index (χ0n) is 15.8. The lowest BCUT2D eigenvalue weighted by molar-refractivity contribution is -0.192. The molecule has 1 aliphatic heterocycles. The molecule has 1 aromatic heterocycles. The summed E-state index contributed by atoms with van der Waals surface area (Å²) in [4.78, 5) is 25.5. The summed E-state index contributed by atoms with van der Waals surface area (Å²) in [6, 6.07) is 5.71. The number of amides is 2. The van der Waals surface area contributed by atoms with Gasteiger partial charge in [-0.3, -0.25) is 0 Å². The number of aryl methyl sites for hydroxylation is 1. The lowest BCUT2D eigenvalue weighted by Crippen LogP contribution is -2.31. The van der Waals surface area contributed by atoms with Crippen molar-refractivity contribution in [3.63, 3.8) is 0 Å². The van der Waals surface area contributed by atoms with E-state index >= 15 is 0 Å². The zero-order valence-corrected chi connectivity index (χ0v) is 16.6. The average Bonchev–Trinajstić information content (AvgIpc) is 3.30. The van der Waals surface area contributed by atoms with Crippen molar-refractivity contribution in [3.8, 4) is 0 Å². The highest BCUT2D eigenvalue weighted by molar-refractivity contribution is 7.09. The predicted molar refractivity (Wildman–Crippen MR) is 103 cm³/mol. The van der Waals surface area contributed by atoms with E-state index in [0.717, 1.165) is 35.9 Å². The number of urea groups is 1. The van der Waals surface area contributed by atoms with E-state index in [0.29, 0.717) is 0 Å². The number of aromatic nitrogens is 1. The van der Waals surface area contributed by atoms with Crippen LogP contribution in [0, 0.1) is 0 Å². The number of nitrogens with one attached hydrogen (secondary N) is 3. The molecular weight excluding hydrogens is 409 g/mol. The Hall–Kier alpha value is -2.66. The molecule has 7 nitrogen and oxygen atoms in total. The van der Waals surface area contributed by atoms with E-state index in [-0.39, 0.29) is 12.1 Å². The summed E-state index contributed by atoms with van der Waals surface area (Å²) in [7, 11) is 0. The molecule has 1 unspecified atom stereocenters. The molecule has 2 aromatic rings. The number of carbonyl (C=O) groups excluding carboxylic acids is 1. The minimum absolute atomic E-state index is 0.104. The van der Waals surface area contributed by atoms with Crippen LogP contribution in [0.15, 0.2) is 23.6 Å². The average molecular weight is 430 g/mol. The van der Waals surface area contributed by atoms with E-state index in [2.05, 4.69) is 33.9 Å². The molecule has 0 saturated heterocycles. The fraction of sp³-hybridized carbons (Fsp3) is 0.389. The van der Waals surface area contributed by atoms with Crippen molar-refractivity contribution < 1.29 is 27.9 Å². The molecular formula is C18H21F3N4O3S. The van der Waals surface area contributed by atoms with Crippen molar-refractivity contribution in [2.45, 2.75) is 45.6 Å². The first-order valence-corrected chi connectivity index (χ1v) is 9.62. The van der Waals surface area contributed by atoms with Gasteiger partial charge in [0.1, 0.15) is 0 Å². The van der Waals surface area contributed by atoms with Gasteiger partial charge in [-0.1, -0.05) is 13.0 Å². The smallest absolute Gasteiger partial charge is 0.475 e. The number of rotatable bonds is 4. The standard InChI is InChI=1S/C16H20N4OS.C2HF3O2/c1-3-15-20-14(9-22-15)10(2)18-16(21)19-13-5-4-11-7-17-8-12(11)6-13;3-2(4,5)1(6)7/h4-6,9-10,17H,3,7-8H2,1-2H3,(H2,18,19,21);(H,6,7). The van der Waals surface area contributed by atoms with E-state index < -0.39 is 12.1 Å². The van der Waals surface area contributed by atoms with E-state index in [1.165, 1.54) is 11.1 Å². The fourth-order valence-corrected chi connectivity index (χ4v) is 3.34. The first kappa shape index (κ1) is 22.6. The summed E-state index contributed by atoms with van der Waals surface area (Å²) in [6.07, 6.45) is -4.16. The third kappa shape index (κ3) is 6.71. The maximum Gasteiger partial charge on any atom is 0.490 e. The van der Waals surface area contributed by atoms with Gasteiger partial charge in [0, 0.05) is 24.2 Å². The van der Waals surface area contributed by atoms with Gasteiger partial charge in [-0.15, -0.1) is 11.3 Å². The van der Waals surface area contributed by atoms with Crippen molar-refractivity contribution in [1.82, 2.24) is 15.6 Å². The molecule has 3 rings (SSSR count). The summed E-state index contributed by atoms with van der Waals surface area (Å²) in [5.74, 6) is -2.76. The first-order chi connectivity index (χ1) is 13.6. The molecule has 0 bridgehead atoms. The number of anilines is 1. The highest BCUT2D eigenvalue weighted by Crippen LogP contribution is 2.21. The van der Waals surface area contributed by atoms with Gasteiger partial charge in [0.05, 0.1) is 16.7 Å². The second-order valence-corrected chi connectivity index (χ2v) is 7.17. The van der Waals surface area contributed by atoms with Gasteiger partial charge in [-0.2, -0.15) is 13.2 Å². The number of benzene rings is 1. The van der Waals surface area contributed by atoms with Gasteiger partial charge >= 0.3 is 18.2 Å². The zero-order chi connectivity index (χ0) is 21.6. The normalized spacial score (nSPS) is 13.7. The van der Waals surface area contributed by atoms with Crippen LogP contribution in [0.1, 0.15) is 41.7 Å². The van der Waals surface area contributed by atoms with Crippen molar-refractivity contribution in [1.29, 1.82) is 0 Å². The molecule has 0 radical (unpaired) electrons. The van der Waals surface area contributed by atoms with Crippen LogP contribution < -0.4 is 16.0 Å². The third-order valence-corrected chi connectivity index (χ3v) is 5.01. The van der Waals surface area contributed by atoms with Crippen molar-refractivity contribution in [2.24, 2.45) is 0 Å². The number of carboxylic acids is 1. The lowest BCUT2D eigenvalue weighted by atomic mass is 10.1. The molecule has 1 aromatic carbocycles. The maximum absolute atomic E-state index is 12.1. The van der Waals surface area contributed by atoms with Crippen LogP contribution in [0.2, 0.25) is 0 Å². The molecule has 0 saturated carbocycles. The molecule has 0 aliphatic carbocycles. The van der Waals surface area contributed by atoms with Gasteiger partial charge in [0.25, 0.3) is 0 Å².